The number of hydrogen-bond acceptors (Lipinski definition) is 4. The van der Waals surface area contributed by atoms with Gasteiger partial charge >= 0.3 is 0 Å². The molecule has 1 amide bonds. The first-order valence-electron chi connectivity index (χ1n) is 8.50. The molecule has 0 aliphatic carbocycles. The number of rotatable bonds is 6. The Morgan fingerprint density at radius 1 is 1.15 bits per heavy atom. The Morgan fingerprint density at radius 3 is 2.70 bits per heavy atom. The van der Waals surface area contributed by atoms with Gasteiger partial charge in [-0.05, 0) is 37.1 Å². The highest BCUT2D eigenvalue weighted by Crippen LogP contribution is 2.23. The van der Waals surface area contributed by atoms with E-state index in [0.717, 1.165) is 16.7 Å². The lowest BCUT2D eigenvalue weighted by Crippen LogP contribution is -2.26. The lowest BCUT2D eigenvalue weighted by Gasteiger charge is -2.14. The van der Waals surface area contributed by atoms with Crippen LogP contribution in [0.1, 0.15) is 23.4 Å². The van der Waals surface area contributed by atoms with Crippen LogP contribution in [0.4, 0.5) is 0 Å². The first-order valence-corrected chi connectivity index (χ1v) is 9.25. The SMILES string of the molecule is Cc1cccc(-c2noc(CN(C)C(=O)CCc3ccc(Cl)c(Cl)c3)n2)c1. The monoisotopic (exact) mass is 403 g/mol. The summed E-state index contributed by atoms with van der Waals surface area (Å²) in [6.45, 7) is 2.27. The highest BCUT2D eigenvalue weighted by Gasteiger charge is 2.15. The normalized spacial score (nSPS) is 10.8. The van der Waals surface area contributed by atoms with Crippen LogP contribution in [0.15, 0.2) is 47.0 Å². The quantitative estimate of drug-likeness (QED) is 0.584. The Bertz CT molecular complexity index is 956. The maximum absolute atomic E-state index is 12.4. The molecule has 5 nitrogen and oxygen atoms in total. The molecule has 0 radical (unpaired) electrons. The minimum absolute atomic E-state index is 0.0172. The van der Waals surface area contributed by atoms with Crippen molar-refractivity contribution in [3.8, 4) is 11.4 Å². The molecular weight excluding hydrogens is 385 g/mol. The van der Waals surface area contributed by atoms with Crippen LogP contribution in [-0.2, 0) is 17.8 Å². The van der Waals surface area contributed by atoms with Gasteiger partial charge in [0.25, 0.3) is 0 Å². The highest BCUT2D eigenvalue weighted by atomic mass is 35.5. The number of halogens is 2. The Kier molecular flexibility index (Phi) is 6.14. The molecule has 1 aromatic heterocycles. The molecule has 3 rings (SSSR count). The molecule has 0 N–H and O–H groups in total. The van der Waals surface area contributed by atoms with E-state index >= 15 is 0 Å². The molecule has 3 aromatic rings. The van der Waals surface area contributed by atoms with Crippen molar-refractivity contribution in [2.75, 3.05) is 7.05 Å². The van der Waals surface area contributed by atoms with Crippen molar-refractivity contribution in [1.82, 2.24) is 15.0 Å². The number of carbonyl (C=O) groups is 1. The summed E-state index contributed by atoms with van der Waals surface area (Å²) in [6, 6.07) is 13.2. The summed E-state index contributed by atoms with van der Waals surface area (Å²) in [7, 11) is 1.72. The van der Waals surface area contributed by atoms with Crippen LogP contribution in [0, 0.1) is 6.92 Å². The van der Waals surface area contributed by atoms with Gasteiger partial charge in [-0.25, -0.2) is 0 Å². The zero-order valence-electron chi connectivity index (χ0n) is 15.1. The third-order valence-electron chi connectivity index (χ3n) is 4.15. The van der Waals surface area contributed by atoms with Crippen LogP contribution in [-0.4, -0.2) is 28.0 Å². The fourth-order valence-corrected chi connectivity index (χ4v) is 2.97. The van der Waals surface area contributed by atoms with E-state index in [1.54, 1.807) is 24.1 Å². The third-order valence-corrected chi connectivity index (χ3v) is 4.89. The summed E-state index contributed by atoms with van der Waals surface area (Å²) < 4.78 is 5.28. The summed E-state index contributed by atoms with van der Waals surface area (Å²) in [6.07, 6.45) is 0.936. The molecular formula is C20H19Cl2N3O2. The van der Waals surface area contributed by atoms with Gasteiger partial charge < -0.3 is 9.42 Å². The van der Waals surface area contributed by atoms with E-state index in [1.165, 1.54) is 0 Å². The predicted octanol–water partition coefficient (Wildman–Crippen LogP) is 4.94. The van der Waals surface area contributed by atoms with Gasteiger partial charge in [0.15, 0.2) is 0 Å². The standard InChI is InChI=1S/C20H19Cl2N3O2/c1-13-4-3-5-15(10-13)20-23-18(27-24-20)12-25(2)19(26)9-7-14-6-8-16(21)17(22)11-14/h3-6,8,10-11H,7,9,12H2,1-2H3. The summed E-state index contributed by atoms with van der Waals surface area (Å²) >= 11 is 11.9. The number of aryl methyl sites for hydroxylation is 2. The summed E-state index contributed by atoms with van der Waals surface area (Å²) in [5.74, 6) is 0.902. The van der Waals surface area contributed by atoms with Crippen molar-refractivity contribution in [1.29, 1.82) is 0 Å². The molecule has 2 aromatic carbocycles. The predicted molar refractivity (Wildman–Crippen MR) is 106 cm³/mol. The first-order chi connectivity index (χ1) is 12.9. The van der Waals surface area contributed by atoms with Crippen molar-refractivity contribution in [3.63, 3.8) is 0 Å². The van der Waals surface area contributed by atoms with Gasteiger partial charge in [0.2, 0.25) is 17.6 Å². The van der Waals surface area contributed by atoms with E-state index in [0.29, 0.717) is 34.6 Å². The number of carbonyl (C=O) groups excluding carboxylic acids is 1. The van der Waals surface area contributed by atoms with Gasteiger partial charge in [0.05, 0.1) is 16.6 Å². The van der Waals surface area contributed by atoms with E-state index in [9.17, 15) is 4.79 Å². The molecule has 0 unspecified atom stereocenters. The van der Waals surface area contributed by atoms with Crippen LogP contribution in [0.5, 0.6) is 0 Å². The molecule has 0 fully saturated rings. The van der Waals surface area contributed by atoms with E-state index in [-0.39, 0.29) is 12.5 Å². The number of hydrogen-bond donors (Lipinski definition) is 0. The molecule has 0 aliphatic heterocycles. The Hall–Kier alpha value is -2.37. The average Bonchev–Trinajstić information content (AvgIpc) is 3.11. The van der Waals surface area contributed by atoms with E-state index in [1.807, 2.05) is 37.3 Å². The summed E-state index contributed by atoms with van der Waals surface area (Å²) in [5, 5.41) is 4.99. The molecule has 0 saturated carbocycles. The highest BCUT2D eigenvalue weighted by molar-refractivity contribution is 6.42. The molecule has 0 aliphatic rings. The molecule has 140 valence electrons. The lowest BCUT2D eigenvalue weighted by atomic mass is 10.1. The molecule has 0 atom stereocenters. The zero-order chi connectivity index (χ0) is 19.4. The second-order valence-corrected chi connectivity index (χ2v) is 7.19. The van der Waals surface area contributed by atoms with Crippen molar-refractivity contribution < 1.29 is 9.32 Å². The molecule has 0 spiro atoms. The molecule has 0 bridgehead atoms. The van der Waals surface area contributed by atoms with Crippen LogP contribution in [0.2, 0.25) is 10.0 Å². The minimum Gasteiger partial charge on any atom is -0.337 e. The Morgan fingerprint density at radius 2 is 1.96 bits per heavy atom. The molecule has 7 heteroatoms. The van der Waals surface area contributed by atoms with E-state index in [4.69, 9.17) is 27.7 Å². The number of aromatic nitrogens is 2. The fourth-order valence-electron chi connectivity index (χ4n) is 2.65. The number of benzene rings is 2. The number of nitrogens with zero attached hydrogens (tertiary/aromatic N) is 3. The van der Waals surface area contributed by atoms with E-state index < -0.39 is 0 Å². The molecule has 0 saturated heterocycles. The van der Waals surface area contributed by atoms with Crippen molar-refractivity contribution in [3.05, 3.63) is 69.5 Å². The Balaban J connectivity index is 1.57. The number of amides is 1. The van der Waals surface area contributed by atoms with Gasteiger partial charge in [-0.2, -0.15) is 4.98 Å². The van der Waals surface area contributed by atoms with Crippen LogP contribution in [0.3, 0.4) is 0 Å². The van der Waals surface area contributed by atoms with Crippen molar-refractivity contribution >= 4 is 29.1 Å². The first kappa shape index (κ1) is 19.4. The maximum Gasteiger partial charge on any atom is 0.246 e. The zero-order valence-corrected chi connectivity index (χ0v) is 16.6. The third kappa shape index (κ3) is 5.08. The summed E-state index contributed by atoms with van der Waals surface area (Å²) in [4.78, 5) is 18.3. The van der Waals surface area contributed by atoms with E-state index in [2.05, 4.69) is 10.1 Å². The molecule has 1 heterocycles. The topological polar surface area (TPSA) is 59.2 Å². The van der Waals surface area contributed by atoms with Crippen LogP contribution in [0.25, 0.3) is 11.4 Å². The van der Waals surface area contributed by atoms with Gasteiger partial charge in [0, 0.05) is 19.0 Å². The molecule has 27 heavy (non-hydrogen) atoms. The van der Waals surface area contributed by atoms with Crippen molar-refractivity contribution in [2.24, 2.45) is 0 Å². The van der Waals surface area contributed by atoms with Gasteiger partial charge in [-0.15, -0.1) is 0 Å². The van der Waals surface area contributed by atoms with Crippen molar-refractivity contribution in [2.45, 2.75) is 26.3 Å². The smallest absolute Gasteiger partial charge is 0.246 e. The largest absolute Gasteiger partial charge is 0.337 e. The second-order valence-electron chi connectivity index (χ2n) is 6.38. The van der Waals surface area contributed by atoms with Crippen LogP contribution >= 0.6 is 23.2 Å². The maximum atomic E-state index is 12.4. The Labute approximate surface area is 167 Å². The average molecular weight is 404 g/mol. The van der Waals surface area contributed by atoms with Crippen LogP contribution < -0.4 is 0 Å². The van der Waals surface area contributed by atoms with Gasteiger partial charge in [-0.1, -0.05) is 58.2 Å². The fraction of sp³-hybridized carbons (Fsp3) is 0.250. The second kappa shape index (κ2) is 8.55. The minimum atomic E-state index is -0.0172. The summed E-state index contributed by atoms with van der Waals surface area (Å²) in [5.41, 5.74) is 2.97. The van der Waals surface area contributed by atoms with Gasteiger partial charge in [-0.3, -0.25) is 4.79 Å². The van der Waals surface area contributed by atoms with Gasteiger partial charge in [0.1, 0.15) is 0 Å². The lowest BCUT2D eigenvalue weighted by molar-refractivity contribution is -0.130.